The highest BCUT2D eigenvalue weighted by molar-refractivity contribution is 9.10. The van der Waals surface area contributed by atoms with E-state index in [-0.39, 0.29) is 12.5 Å². The van der Waals surface area contributed by atoms with Crippen LogP contribution in [0.25, 0.3) is 0 Å². The molecule has 1 amide bonds. The van der Waals surface area contributed by atoms with Gasteiger partial charge in [0.05, 0.1) is 11.6 Å². The molecule has 0 heterocycles. The zero-order valence-electron chi connectivity index (χ0n) is 11.9. The van der Waals surface area contributed by atoms with Crippen molar-refractivity contribution in [3.05, 3.63) is 52.5 Å². The first kappa shape index (κ1) is 15.4. The number of anilines is 1. The molecule has 0 fully saturated rings. The Bertz CT molecular complexity index is 643. The van der Waals surface area contributed by atoms with Crippen molar-refractivity contribution in [3.8, 4) is 11.5 Å². The number of rotatable bonds is 5. The van der Waals surface area contributed by atoms with Crippen LogP contribution in [0.2, 0.25) is 0 Å². The van der Waals surface area contributed by atoms with Crippen LogP contribution in [0.3, 0.4) is 0 Å². The molecular weight excluding hydrogens is 334 g/mol. The number of para-hydroxylation sites is 1. The largest absolute Gasteiger partial charge is 0.496 e. The monoisotopic (exact) mass is 349 g/mol. The van der Waals surface area contributed by atoms with E-state index in [0.717, 1.165) is 10.0 Å². The highest BCUT2D eigenvalue weighted by Gasteiger charge is 2.07. The normalized spacial score (nSPS) is 10.0. The fourth-order valence-electron chi connectivity index (χ4n) is 1.80. The molecule has 110 valence electrons. The number of carbonyl (C=O) groups excluding carboxylic acids is 1. The molecule has 4 nitrogen and oxygen atoms in total. The third-order valence-corrected chi connectivity index (χ3v) is 3.51. The van der Waals surface area contributed by atoms with Gasteiger partial charge in [-0.05, 0) is 52.7 Å². The lowest BCUT2D eigenvalue weighted by Crippen LogP contribution is -2.20. The molecule has 0 aromatic heterocycles. The summed E-state index contributed by atoms with van der Waals surface area (Å²) in [4.78, 5) is 11.9. The maximum Gasteiger partial charge on any atom is 0.262 e. The van der Waals surface area contributed by atoms with E-state index in [0.29, 0.717) is 17.2 Å². The van der Waals surface area contributed by atoms with Crippen LogP contribution in [0.5, 0.6) is 11.5 Å². The lowest BCUT2D eigenvalue weighted by atomic mass is 10.2. The van der Waals surface area contributed by atoms with Crippen molar-refractivity contribution in [3.63, 3.8) is 0 Å². The molecule has 0 atom stereocenters. The summed E-state index contributed by atoms with van der Waals surface area (Å²) in [7, 11) is 1.59. The summed E-state index contributed by atoms with van der Waals surface area (Å²) in [6, 6.07) is 12.9. The fourth-order valence-corrected chi connectivity index (χ4v) is 2.34. The number of hydrogen-bond acceptors (Lipinski definition) is 3. The van der Waals surface area contributed by atoms with Gasteiger partial charge in [0, 0.05) is 5.69 Å². The van der Waals surface area contributed by atoms with Gasteiger partial charge in [0.15, 0.2) is 6.61 Å². The fraction of sp³-hybridized carbons (Fsp3) is 0.188. The number of hydrogen-bond donors (Lipinski definition) is 1. The third-order valence-electron chi connectivity index (χ3n) is 2.89. The second-order valence-corrected chi connectivity index (χ2v) is 5.31. The predicted molar refractivity (Wildman–Crippen MR) is 86.0 cm³/mol. The van der Waals surface area contributed by atoms with Crippen LogP contribution < -0.4 is 14.8 Å². The molecule has 0 aliphatic heterocycles. The number of methoxy groups -OCH3 is 1. The summed E-state index contributed by atoms with van der Waals surface area (Å²) < 4.78 is 11.4. The molecule has 0 aliphatic rings. The Balaban J connectivity index is 1.93. The summed E-state index contributed by atoms with van der Waals surface area (Å²) in [5.41, 5.74) is 1.68. The molecule has 2 aromatic carbocycles. The second kappa shape index (κ2) is 7.13. The van der Waals surface area contributed by atoms with Crippen molar-refractivity contribution in [1.29, 1.82) is 0 Å². The summed E-state index contributed by atoms with van der Waals surface area (Å²) in [5.74, 6) is 1.21. The molecule has 2 rings (SSSR count). The summed E-state index contributed by atoms with van der Waals surface area (Å²) in [6.07, 6.45) is 0. The average molecular weight is 350 g/mol. The molecule has 0 bridgehead atoms. The maximum absolute atomic E-state index is 11.9. The lowest BCUT2D eigenvalue weighted by Gasteiger charge is -2.10. The first-order valence-electron chi connectivity index (χ1n) is 6.42. The van der Waals surface area contributed by atoms with Gasteiger partial charge < -0.3 is 14.8 Å². The molecule has 0 aliphatic carbocycles. The number of amides is 1. The maximum atomic E-state index is 11.9. The highest BCUT2D eigenvalue weighted by atomic mass is 79.9. The zero-order valence-corrected chi connectivity index (χ0v) is 13.4. The second-order valence-electron chi connectivity index (χ2n) is 4.45. The summed E-state index contributed by atoms with van der Waals surface area (Å²) in [6.45, 7) is 1.91. The minimum Gasteiger partial charge on any atom is -0.496 e. The predicted octanol–water partition coefficient (Wildman–Crippen LogP) is 3.78. The molecule has 0 radical (unpaired) electrons. The standard InChI is InChI=1S/C16H16BrNO3/c1-11-5-3-4-6-14(11)21-10-16(19)18-12-7-8-15(20-2)13(17)9-12/h3-9H,10H2,1-2H3,(H,18,19). The van der Waals surface area contributed by atoms with Crippen LogP contribution in [-0.2, 0) is 4.79 Å². The molecule has 0 saturated carbocycles. The van der Waals surface area contributed by atoms with E-state index in [1.54, 1.807) is 25.3 Å². The van der Waals surface area contributed by atoms with Gasteiger partial charge in [0.25, 0.3) is 5.91 Å². The Morgan fingerprint density at radius 1 is 1.19 bits per heavy atom. The SMILES string of the molecule is COc1ccc(NC(=O)COc2ccccc2C)cc1Br. The first-order chi connectivity index (χ1) is 10.1. The van der Waals surface area contributed by atoms with Crippen molar-refractivity contribution in [1.82, 2.24) is 0 Å². The number of halogens is 1. The molecule has 0 spiro atoms. The Kier molecular flexibility index (Phi) is 5.22. The van der Waals surface area contributed by atoms with E-state index in [9.17, 15) is 4.79 Å². The Hall–Kier alpha value is -2.01. The molecule has 21 heavy (non-hydrogen) atoms. The van der Waals surface area contributed by atoms with Gasteiger partial charge in [0.1, 0.15) is 11.5 Å². The third kappa shape index (κ3) is 4.23. The Morgan fingerprint density at radius 3 is 2.62 bits per heavy atom. The van der Waals surface area contributed by atoms with Gasteiger partial charge in [-0.25, -0.2) is 0 Å². The van der Waals surface area contributed by atoms with Crippen molar-refractivity contribution in [2.75, 3.05) is 19.0 Å². The number of nitrogens with one attached hydrogen (secondary N) is 1. The summed E-state index contributed by atoms with van der Waals surface area (Å²) >= 11 is 3.37. The van der Waals surface area contributed by atoms with Crippen LogP contribution in [0, 0.1) is 6.92 Å². The quantitative estimate of drug-likeness (QED) is 0.893. The van der Waals surface area contributed by atoms with E-state index in [2.05, 4.69) is 21.2 Å². The molecule has 1 N–H and O–H groups in total. The van der Waals surface area contributed by atoms with Crippen LogP contribution in [0.15, 0.2) is 46.9 Å². The molecule has 0 saturated heterocycles. The van der Waals surface area contributed by atoms with Crippen molar-refractivity contribution in [2.45, 2.75) is 6.92 Å². The van der Waals surface area contributed by atoms with Crippen LogP contribution >= 0.6 is 15.9 Å². The Morgan fingerprint density at radius 2 is 1.95 bits per heavy atom. The van der Waals surface area contributed by atoms with E-state index in [1.165, 1.54) is 0 Å². The van der Waals surface area contributed by atoms with E-state index in [4.69, 9.17) is 9.47 Å². The summed E-state index contributed by atoms with van der Waals surface area (Å²) in [5, 5.41) is 2.77. The molecule has 0 unspecified atom stereocenters. The van der Waals surface area contributed by atoms with Gasteiger partial charge in [0.2, 0.25) is 0 Å². The van der Waals surface area contributed by atoms with Crippen molar-refractivity contribution >= 4 is 27.5 Å². The number of carbonyl (C=O) groups is 1. The molecule has 2 aromatic rings. The number of aryl methyl sites for hydroxylation is 1. The molecular formula is C16H16BrNO3. The zero-order chi connectivity index (χ0) is 15.2. The topological polar surface area (TPSA) is 47.6 Å². The lowest BCUT2D eigenvalue weighted by molar-refractivity contribution is -0.118. The van der Waals surface area contributed by atoms with Gasteiger partial charge in [-0.1, -0.05) is 18.2 Å². The highest BCUT2D eigenvalue weighted by Crippen LogP contribution is 2.27. The van der Waals surface area contributed by atoms with Crippen LogP contribution in [0.1, 0.15) is 5.56 Å². The minimum atomic E-state index is -0.213. The van der Waals surface area contributed by atoms with Gasteiger partial charge in [-0.3, -0.25) is 4.79 Å². The number of benzene rings is 2. The van der Waals surface area contributed by atoms with Crippen LogP contribution in [0.4, 0.5) is 5.69 Å². The smallest absolute Gasteiger partial charge is 0.262 e. The first-order valence-corrected chi connectivity index (χ1v) is 7.21. The van der Waals surface area contributed by atoms with Gasteiger partial charge in [-0.15, -0.1) is 0 Å². The number of ether oxygens (including phenoxy) is 2. The Labute approximate surface area is 132 Å². The molecule has 5 heteroatoms. The van der Waals surface area contributed by atoms with Crippen LogP contribution in [-0.4, -0.2) is 19.6 Å². The van der Waals surface area contributed by atoms with E-state index < -0.39 is 0 Å². The van der Waals surface area contributed by atoms with E-state index >= 15 is 0 Å². The van der Waals surface area contributed by atoms with Gasteiger partial charge >= 0.3 is 0 Å². The van der Waals surface area contributed by atoms with Crippen molar-refractivity contribution < 1.29 is 14.3 Å². The average Bonchev–Trinajstić information content (AvgIpc) is 2.46. The minimum absolute atomic E-state index is 0.0332. The van der Waals surface area contributed by atoms with E-state index in [1.807, 2.05) is 31.2 Å². The van der Waals surface area contributed by atoms with Crippen molar-refractivity contribution in [2.24, 2.45) is 0 Å². The van der Waals surface area contributed by atoms with Gasteiger partial charge in [-0.2, -0.15) is 0 Å².